The van der Waals surface area contributed by atoms with E-state index in [0.717, 1.165) is 6.42 Å². The third-order valence-corrected chi connectivity index (χ3v) is 3.22. The lowest BCUT2D eigenvalue weighted by Gasteiger charge is -2.16. The molecule has 0 spiro atoms. The maximum absolute atomic E-state index is 6.22. The molecule has 0 aromatic carbocycles. The molecule has 1 aliphatic rings. The number of hydrogen-bond acceptors (Lipinski definition) is 4. The molecule has 1 heterocycles. The second-order valence-electron chi connectivity index (χ2n) is 6.11. The fourth-order valence-corrected chi connectivity index (χ4v) is 1.71. The van der Waals surface area contributed by atoms with Crippen molar-refractivity contribution < 1.29 is 0 Å². The first kappa shape index (κ1) is 10.5. The van der Waals surface area contributed by atoms with Crippen molar-refractivity contribution in [2.45, 2.75) is 52.1 Å². The van der Waals surface area contributed by atoms with Crippen LogP contribution >= 0.6 is 0 Å². The summed E-state index contributed by atoms with van der Waals surface area (Å²) in [5.74, 6) is 0.669. The predicted molar refractivity (Wildman–Crippen MR) is 57.1 cm³/mol. The zero-order valence-electron chi connectivity index (χ0n) is 10.1. The van der Waals surface area contributed by atoms with Crippen molar-refractivity contribution in [2.75, 3.05) is 0 Å². The highest BCUT2D eigenvalue weighted by molar-refractivity contribution is 5.23. The van der Waals surface area contributed by atoms with Crippen LogP contribution in [0.2, 0.25) is 0 Å². The van der Waals surface area contributed by atoms with Crippen molar-refractivity contribution in [3.63, 3.8) is 0 Å². The Morgan fingerprint density at radius 3 is 2.20 bits per heavy atom. The molecule has 0 aliphatic heterocycles. The molecule has 1 aliphatic carbocycles. The van der Waals surface area contributed by atoms with Crippen molar-refractivity contribution in [3.8, 4) is 0 Å². The lowest BCUT2D eigenvalue weighted by atomic mass is 10.1. The Bertz CT molecular complexity index is 387. The quantitative estimate of drug-likeness (QED) is 0.749. The first-order valence-corrected chi connectivity index (χ1v) is 5.27. The molecule has 1 unspecified atom stereocenters. The van der Waals surface area contributed by atoms with Gasteiger partial charge < -0.3 is 5.73 Å². The lowest BCUT2D eigenvalue weighted by Crippen LogP contribution is -2.29. The van der Waals surface area contributed by atoms with E-state index in [0.29, 0.717) is 5.82 Å². The summed E-state index contributed by atoms with van der Waals surface area (Å²) in [6.07, 6.45) is 0.926. The van der Waals surface area contributed by atoms with Gasteiger partial charge in [-0.05, 0) is 37.8 Å². The van der Waals surface area contributed by atoms with Gasteiger partial charge in [0, 0.05) is 0 Å². The minimum Gasteiger partial charge on any atom is -0.318 e. The van der Waals surface area contributed by atoms with Gasteiger partial charge in [0.05, 0.1) is 11.1 Å². The van der Waals surface area contributed by atoms with Crippen molar-refractivity contribution in [2.24, 2.45) is 11.1 Å². The summed E-state index contributed by atoms with van der Waals surface area (Å²) < 4.78 is 0. The SMILES string of the molecule is CC(C)(C)n1nnc(C2(N)CC2(C)C)n1. The van der Waals surface area contributed by atoms with Crippen LogP contribution in [0, 0.1) is 5.41 Å². The Balaban J connectivity index is 2.31. The van der Waals surface area contributed by atoms with E-state index in [1.54, 1.807) is 4.80 Å². The van der Waals surface area contributed by atoms with E-state index < -0.39 is 0 Å². The number of aromatic nitrogens is 4. The summed E-state index contributed by atoms with van der Waals surface area (Å²) in [5, 5.41) is 12.5. The Morgan fingerprint density at radius 2 is 1.87 bits per heavy atom. The molecule has 1 saturated carbocycles. The molecule has 1 atom stereocenters. The fraction of sp³-hybridized carbons (Fsp3) is 0.900. The Morgan fingerprint density at radius 1 is 1.33 bits per heavy atom. The highest BCUT2D eigenvalue weighted by Gasteiger charge is 2.62. The van der Waals surface area contributed by atoms with Crippen molar-refractivity contribution in [1.82, 2.24) is 20.2 Å². The van der Waals surface area contributed by atoms with E-state index in [1.807, 2.05) is 20.8 Å². The molecule has 0 bridgehead atoms. The number of hydrogen-bond donors (Lipinski definition) is 1. The molecule has 2 N–H and O–H groups in total. The Kier molecular flexibility index (Phi) is 1.81. The van der Waals surface area contributed by atoms with Crippen LogP contribution in [0.5, 0.6) is 0 Å². The molecule has 2 rings (SSSR count). The fourth-order valence-electron chi connectivity index (χ4n) is 1.71. The zero-order valence-corrected chi connectivity index (χ0v) is 10.1. The van der Waals surface area contributed by atoms with Crippen LogP contribution in [0.15, 0.2) is 0 Å². The summed E-state index contributed by atoms with van der Waals surface area (Å²) >= 11 is 0. The number of tetrazole rings is 1. The monoisotopic (exact) mass is 209 g/mol. The van der Waals surface area contributed by atoms with E-state index in [9.17, 15) is 0 Å². The number of nitrogens with zero attached hydrogens (tertiary/aromatic N) is 4. The second-order valence-corrected chi connectivity index (χ2v) is 6.11. The summed E-state index contributed by atoms with van der Waals surface area (Å²) in [5.41, 5.74) is 5.80. The van der Waals surface area contributed by atoms with Gasteiger partial charge in [-0.1, -0.05) is 13.8 Å². The summed E-state index contributed by atoms with van der Waals surface area (Å²) in [6, 6.07) is 0. The molecule has 1 aromatic rings. The first-order chi connectivity index (χ1) is 6.67. The smallest absolute Gasteiger partial charge is 0.195 e. The van der Waals surface area contributed by atoms with Crippen molar-refractivity contribution in [3.05, 3.63) is 5.82 Å². The zero-order chi connectivity index (χ0) is 11.5. The number of nitrogens with two attached hydrogens (primary N) is 1. The van der Waals surface area contributed by atoms with E-state index in [2.05, 4.69) is 29.3 Å². The summed E-state index contributed by atoms with van der Waals surface area (Å²) in [6.45, 7) is 10.4. The van der Waals surface area contributed by atoms with Crippen LogP contribution in [0.25, 0.3) is 0 Å². The molecule has 0 amide bonds. The van der Waals surface area contributed by atoms with Gasteiger partial charge in [0.1, 0.15) is 0 Å². The molecular formula is C10H19N5. The third-order valence-electron chi connectivity index (χ3n) is 3.22. The van der Waals surface area contributed by atoms with Gasteiger partial charge in [0.15, 0.2) is 5.82 Å². The van der Waals surface area contributed by atoms with E-state index >= 15 is 0 Å². The minimum absolute atomic E-state index is 0.0960. The normalized spacial score (nSPS) is 29.2. The lowest BCUT2D eigenvalue weighted by molar-refractivity contribution is 0.303. The predicted octanol–water partition coefficient (Wildman–Crippen LogP) is 1.01. The molecule has 5 nitrogen and oxygen atoms in total. The van der Waals surface area contributed by atoms with Gasteiger partial charge in [0.2, 0.25) is 0 Å². The molecule has 1 aromatic heterocycles. The first-order valence-electron chi connectivity index (χ1n) is 5.27. The largest absolute Gasteiger partial charge is 0.318 e. The van der Waals surface area contributed by atoms with Crippen molar-refractivity contribution in [1.29, 1.82) is 0 Å². The van der Waals surface area contributed by atoms with E-state index in [1.165, 1.54) is 0 Å². The van der Waals surface area contributed by atoms with Crippen LogP contribution in [-0.2, 0) is 11.1 Å². The average Bonchev–Trinajstić information content (AvgIpc) is 2.51. The summed E-state index contributed by atoms with van der Waals surface area (Å²) in [7, 11) is 0. The van der Waals surface area contributed by atoms with Crippen molar-refractivity contribution >= 4 is 0 Å². The van der Waals surface area contributed by atoms with Crippen LogP contribution in [-0.4, -0.2) is 20.2 Å². The molecule has 0 radical (unpaired) electrons. The maximum atomic E-state index is 6.22. The average molecular weight is 209 g/mol. The molecule has 0 saturated heterocycles. The maximum Gasteiger partial charge on any atom is 0.195 e. The standard InChI is InChI=1S/C10H19N5/c1-8(2,3)15-13-7(12-14-15)10(11)6-9(10,4)5/h6,11H2,1-5H3. The van der Waals surface area contributed by atoms with Gasteiger partial charge in [-0.2, -0.15) is 4.80 Å². The van der Waals surface area contributed by atoms with E-state index in [-0.39, 0.29) is 16.5 Å². The minimum atomic E-state index is -0.378. The third kappa shape index (κ3) is 1.45. The van der Waals surface area contributed by atoms with E-state index in [4.69, 9.17) is 5.73 Å². The van der Waals surface area contributed by atoms with Gasteiger partial charge in [-0.25, -0.2) is 0 Å². The molecule has 84 valence electrons. The number of rotatable bonds is 1. The molecule has 5 heteroatoms. The summed E-state index contributed by atoms with van der Waals surface area (Å²) in [4.78, 5) is 1.63. The molecular weight excluding hydrogens is 190 g/mol. The van der Waals surface area contributed by atoms with Gasteiger partial charge >= 0.3 is 0 Å². The van der Waals surface area contributed by atoms with Gasteiger partial charge in [0.25, 0.3) is 0 Å². The molecule has 15 heavy (non-hydrogen) atoms. The topological polar surface area (TPSA) is 69.6 Å². The van der Waals surface area contributed by atoms with Gasteiger partial charge in [-0.3, -0.25) is 0 Å². The van der Waals surface area contributed by atoms with Crippen LogP contribution < -0.4 is 5.73 Å². The van der Waals surface area contributed by atoms with Crippen LogP contribution in [0.1, 0.15) is 46.9 Å². The van der Waals surface area contributed by atoms with Crippen LogP contribution in [0.3, 0.4) is 0 Å². The second kappa shape index (κ2) is 2.58. The highest BCUT2D eigenvalue weighted by Crippen LogP contribution is 2.59. The van der Waals surface area contributed by atoms with Crippen LogP contribution in [0.4, 0.5) is 0 Å². The van der Waals surface area contributed by atoms with Gasteiger partial charge in [-0.15, -0.1) is 10.2 Å². The highest BCUT2D eigenvalue weighted by atomic mass is 15.6. The molecule has 1 fully saturated rings. The Labute approximate surface area is 90.0 Å². The Hall–Kier alpha value is -0.970.